The number of aromatic nitrogens is 1. The number of ether oxygens (including phenoxy) is 1. The first kappa shape index (κ1) is 15.8. The highest BCUT2D eigenvalue weighted by atomic mass is 19.1. The highest BCUT2D eigenvalue weighted by Gasteiger charge is 2.13. The zero-order chi connectivity index (χ0) is 16.2. The Labute approximate surface area is 134 Å². The summed E-state index contributed by atoms with van der Waals surface area (Å²) in [6.45, 7) is 3.70. The van der Waals surface area contributed by atoms with Crippen LogP contribution in [0.15, 0.2) is 18.2 Å². The summed E-state index contributed by atoms with van der Waals surface area (Å²) in [5, 5.41) is 9.49. The number of rotatable bonds is 6. The number of hydrogen-bond donors (Lipinski definition) is 2. The van der Waals surface area contributed by atoms with Gasteiger partial charge >= 0.3 is 5.97 Å². The summed E-state index contributed by atoms with van der Waals surface area (Å²) in [5.41, 5.74) is 0.608. The molecule has 2 heterocycles. The van der Waals surface area contributed by atoms with Crippen LogP contribution in [0.5, 0.6) is 5.75 Å². The maximum atomic E-state index is 14.0. The molecule has 3 rings (SSSR count). The Morgan fingerprint density at radius 3 is 2.78 bits per heavy atom. The van der Waals surface area contributed by atoms with Crippen LogP contribution in [0.25, 0.3) is 10.9 Å². The molecule has 2 aromatic rings. The van der Waals surface area contributed by atoms with E-state index in [4.69, 9.17) is 9.84 Å². The quantitative estimate of drug-likeness (QED) is 0.802. The molecular weight excluding hydrogens is 299 g/mol. The number of hydrogen-bond acceptors (Lipinski definition) is 3. The van der Waals surface area contributed by atoms with Crippen LogP contribution in [0.4, 0.5) is 4.39 Å². The molecule has 0 aliphatic carbocycles. The number of aromatic amines is 1. The van der Waals surface area contributed by atoms with Gasteiger partial charge in [0.1, 0.15) is 5.69 Å². The van der Waals surface area contributed by atoms with Crippen LogP contribution in [0, 0.1) is 5.82 Å². The molecule has 1 aromatic carbocycles. The van der Waals surface area contributed by atoms with Crippen molar-refractivity contribution in [1.82, 2.24) is 9.88 Å². The van der Waals surface area contributed by atoms with Crippen LogP contribution in [-0.4, -0.2) is 47.2 Å². The Morgan fingerprint density at radius 1 is 1.26 bits per heavy atom. The van der Waals surface area contributed by atoms with Gasteiger partial charge in [-0.15, -0.1) is 0 Å². The molecule has 1 saturated heterocycles. The monoisotopic (exact) mass is 320 g/mol. The number of nitrogens with one attached hydrogen (secondary N) is 1. The Morgan fingerprint density at radius 2 is 2.04 bits per heavy atom. The molecule has 0 unspecified atom stereocenters. The van der Waals surface area contributed by atoms with Crippen LogP contribution < -0.4 is 4.74 Å². The van der Waals surface area contributed by atoms with Crippen molar-refractivity contribution < 1.29 is 19.0 Å². The van der Waals surface area contributed by atoms with E-state index in [1.54, 1.807) is 0 Å². The predicted octanol–water partition coefficient (Wildman–Crippen LogP) is 3.26. The minimum absolute atomic E-state index is 0.0432. The molecule has 5 nitrogen and oxygen atoms in total. The highest BCUT2D eigenvalue weighted by Crippen LogP contribution is 2.25. The van der Waals surface area contributed by atoms with E-state index in [2.05, 4.69) is 9.88 Å². The van der Waals surface area contributed by atoms with Gasteiger partial charge in [-0.3, -0.25) is 0 Å². The summed E-state index contributed by atoms with van der Waals surface area (Å²) < 4.78 is 19.6. The summed E-state index contributed by atoms with van der Waals surface area (Å²) >= 11 is 0. The number of benzene rings is 1. The number of H-pyrrole nitrogens is 1. The van der Waals surface area contributed by atoms with Crippen molar-refractivity contribution in [2.75, 3.05) is 26.2 Å². The van der Waals surface area contributed by atoms with Gasteiger partial charge < -0.3 is 19.7 Å². The minimum atomic E-state index is -1.06. The van der Waals surface area contributed by atoms with E-state index in [0.29, 0.717) is 17.5 Å². The molecule has 0 radical (unpaired) electrons. The second-order valence-electron chi connectivity index (χ2n) is 5.96. The molecule has 0 amide bonds. The zero-order valence-electron chi connectivity index (χ0n) is 13.0. The van der Waals surface area contributed by atoms with E-state index in [1.807, 2.05) is 0 Å². The van der Waals surface area contributed by atoms with E-state index in [1.165, 1.54) is 37.5 Å². The Balaban J connectivity index is 1.58. The Kier molecular flexibility index (Phi) is 4.81. The smallest absolute Gasteiger partial charge is 0.352 e. The molecule has 1 aliphatic heterocycles. The summed E-state index contributed by atoms with van der Waals surface area (Å²) in [7, 11) is 0. The fraction of sp³-hybridized carbons (Fsp3) is 0.471. The van der Waals surface area contributed by atoms with Crippen LogP contribution in [0.2, 0.25) is 0 Å². The van der Waals surface area contributed by atoms with Crippen molar-refractivity contribution in [3.05, 3.63) is 29.7 Å². The molecule has 1 aliphatic rings. The molecule has 1 aromatic heterocycles. The number of carboxylic acids is 1. The van der Waals surface area contributed by atoms with Crippen molar-refractivity contribution in [2.45, 2.75) is 25.7 Å². The Bertz CT molecular complexity index is 692. The van der Waals surface area contributed by atoms with Gasteiger partial charge in [-0.1, -0.05) is 6.42 Å². The summed E-state index contributed by atoms with van der Waals surface area (Å²) in [4.78, 5) is 16.1. The van der Waals surface area contributed by atoms with Crippen LogP contribution in [-0.2, 0) is 0 Å². The lowest BCUT2D eigenvalue weighted by atomic mass is 10.1. The molecule has 0 bridgehead atoms. The highest BCUT2D eigenvalue weighted by molar-refractivity contribution is 5.94. The normalized spacial score (nSPS) is 15.9. The number of piperidine rings is 1. The van der Waals surface area contributed by atoms with Crippen molar-refractivity contribution in [2.24, 2.45) is 0 Å². The lowest BCUT2D eigenvalue weighted by molar-refractivity contribution is 0.0691. The number of likely N-dealkylation sites (tertiary alicyclic amines) is 1. The number of aromatic carboxylic acids is 1. The van der Waals surface area contributed by atoms with Gasteiger partial charge in [0.15, 0.2) is 11.6 Å². The molecule has 0 atom stereocenters. The van der Waals surface area contributed by atoms with Gasteiger partial charge in [0.25, 0.3) is 0 Å². The van der Waals surface area contributed by atoms with Gasteiger partial charge in [0.05, 0.1) is 6.61 Å². The van der Waals surface area contributed by atoms with Gasteiger partial charge in [-0.25, -0.2) is 9.18 Å². The van der Waals surface area contributed by atoms with Gasteiger partial charge in [-0.05, 0) is 44.5 Å². The maximum Gasteiger partial charge on any atom is 0.352 e. The molecule has 6 heteroatoms. The fourth-order valence-electron chi connectivity index (χ4n) is 3.01. The Hall–Kier alpha value is -2.08. The van der Waals surface area contributed by atoms with Crippen LogP contribution in [0.1, 0.15) is 36.2 Å². The van der Waals surface area contributed by atoms with Gasteiger partial charge in [0, 0.05) is 23.5 Å². The average Bonchev–Trinajstić information content (AvgIpc) is 2.95. The van der Waals surface area contributed by atoms with E-state index < -0.39 is 11.8 Å². The average molecular weight is 320 g/mol. The standard InChI is InChI=1S/C17H21FN2O3/c18-13-9-12-10-15(17(21)22)19-14(12)11-16(13)23-8-4-7-20-5-2-1-3-6-20/h9-11,19H,1-8H2,(H,21,22). The number of carbonyl (C=O) groups is 1. The molecule has 0 spiro atoms. The van der Waals surface area contributed by atoms with E-state index in [9.17, 15) is 9.18 Å². The molecule has 1 fully saturated rings. The second kappa shape index (κ2) is 7.00. The van der Waals surface area contributed by atoms with Crippen molar-refractivity contribution in [3.63, 3.8) is 0 Å². The second-order valence-corrected chi connectivity index (χ2v) is 5.96. The first-order chi connectivity index (χ1) is 11.1. The lowest BCUT2D eigenvalue weighted by Gasteiger charge is -2.26. The molecule has 0 saturated carbocycles. The minimum Gasteiger partial charge on any atom is -0.490 e. The third-order valence-electron chi connectivity index (χ3n) is 4.23. The largest absolute Gasteiger partial charge is 0.490 e. The zero-order valence-corrected chi connectivity index (χ0v) is 13.0. The maximum absolute atomic E-state index is 14.0. The SMILES string of the molecule is O=C(O)c1cc2cc(F)c(OCCCN3CCCCC3)cc2[nH]1. The van der Waals surface area contributed by atoms with E-state index in [0.717, 1.165) is 26.1 Å². The third kappa shape index (κ3) is 3.82. The number of nitrogens with zero attached hydrogens (tertiary/aromatic N) is 1. The van der Waals surface area contributed by atoms with Gasteiger partial charge in [-0.2, -0.15) is 0 Å². The number of carboxylic acid groups (broad SMARTS) is 1. The van der Waals surface area contributed by atoms with Crippen molar-refractivity contribution in [1.29, 1.82) is 0 Å². The third-order valence-corrected chi connectivity index (χ3v) is 4.23. The molecular formula is C17H21FN2O3. The fourth-order valence-corrected chi connectivity index (χ4v) is 3.01. The molecule has 2 N–H and O–H groups in total. The van der Waals surface area contributed by atoms with Crippen LogP contribution >= 0.6 is 0 Å². The van der Waals surface area contributed by atoms with Crippen LogP contribution in [0.3, 0.4) is 0 Å². The summed E-state index contributed by atoms with van der Waals surface area (Å²) in [6, 6.07) is 4.25. The van der Waals surface area contributed by atoms with Crippen molar-refractivity contribution in [3.8, 4) is 5.75 Å². The van der Waals surface area contributed by atoms with Crippen molar-refractivity contribution >= 4 is 16.9 Å². The molecule has 124 valence electrons. The number of halogens is 1. The number of fused-ring (bicyclic) bond motifs is 1. The summed E-state index contributed by atoms with van der Waals surface area (Å²) in [5.74, 6) is -1.37. The first-order valence-electron chi connectivity index (χ1n) is 8.04. The predicted molar refractivity (Wildman–Crippen MR) is 85.6 cm³/mol. The lowest BCUT2D eigenvalue weighted by Crippen LogP contribution is -2.31. The molecule has 23 heavy (non-hydrogen) atoms. The van der Waals surface area contributed by atoms with E-state index >= 15 is 0 Å². The topological polar surface area (TPSA) is 65.6 Å². The van der Waals surface area contributed by atoms with E-state index in [-0.39, 0.29) is 11.4 Å². The van der Waals surface area contributed by atoms with Gasteiger partial charge in [0.2, 0.25) is 0 Å². The summed E-state index contributed by atoms with van der Waals surface area (Å²) in [6.07, 6.45) is 4.67. The first-order valence-corrected chi connectivity index (χ1v) is 8.04.